The summed E-state index contributed by atoms with van der Waals surface area (Å²) in [5.74, 6) is -1.31. The summed E-state index contributed by atoms with van der Waals surface area (Å²) in [6.07, 6.45) is -11.9. The lowest BCUT2D eigenvalue weighted by Crippen LogP contribution is -2.53. The number of anilines is 1. The van der Waals surface area contributed by atoms with E-state index in [0.29, 0.717) is 12.1 Å². The molecule has 1 atom stereocenters. The van der Waals surface area contributed by atoms with Crippen LogP contribution in [0.15, 0.2) is 24.3 Å². The summed E-state index contributed by atoms with van der Waals surface area (Å²) in [5, 5.41) is 22.7. The lowest BCUT2D eigenvalue weighted by molar-refractivity contribution is -0.376. The Bertz CT molecular complexity index is 889. The summed E-state index contributed by atoms with van der Waals surface area (Å²) in [4.78, 5) is 11.3. The minimum atomic E-state index is -6.00. The third kappa shape index (κ3) is 3.63. The molecule has 29 heavy (non-hydrogen) atoms. The van der Waals surface area contributed by atoms with Gasteiger partial charge in [0.05, 0.1) is 5.69 Å². The van der Waals surface area contributed by atoms with Gasteiger partial charge in [0.1, 0.15) is 5.82 Å². The number of halogens is 6. The summed E-state index contributed by atoms with van der Waals surface area (Å²) < 4.78 is 78.9. The second-order valence-electron chi connectivity index (χ2n) is 6.34. The molecule has 0 spiro atoms. The van der Waals surface area contributed by atoms with E-state index in [1.807, 2.05) is 0 Å². The van der Waals surface area contributed by atoms with Gasteiger partial charge in [-0.1, -0.05) is 31.2 Å². The van der Waals surface area contributed by atoms with E-state index in [1.165, 1.54) is 6.92 Å². The summed E-state index contributed by atoms with van der Waals surface area (Å²) in [6, 6.07) is 1.72. The first-order valence-electron chi connectivity index (χ1n) is 8.20. The van der Waals surface area contributed by atoms with Gasteiger partial charge in [-0.15, -0.1) is 0 Å². The van der Waals surface area contributed by atoms with Gasteiger partial charge >= 0.3 is 18.3 Å². The molecule has 1 heterocycles. The fourth-order valence-corrected chi connectivity index (χ4v) is 2.98. The predicted molar refractivity (Wildman–Crippen MR) is 89.8 cm³/mol. The summed E-state index contributed by atoms with van der Waals surface area (Å²) in [7, 11) is 0. The minimum Gasteiger partial charge on any atom is -0.480 e. The number of nitrogens with two attached hydrogens (primary N) is 1. The number of aliphatic carboxylic acids is 1. The quantitative estimate of drug-likeness (QED) is 0.633. The van der Waals surface area contributed by atoms with Gasteiger partial charge in [-0.05, 0) is 18.9 Å². The fraction of sp³-hybridized carbons (Fsp3) is 0.412. The van der Waals surface area contributed by atoms with Gasteiger partial charge in [-0.3, -0.25) is 0 Å². The molecule has 1 unspecified atom stereocenters. The largest absolute Gasteiger partial charge is 0.480 e. The van der Waals surface area contributed by atoms with Gasteiger partial charge in [0.2, 0.25) is 0 Å². The van der Waals surface area contributed by atoms with Gasteiger partial charge in [-0.25, -0.2) is 9.48 Å². The van der Waals surface area contributed by atoms with Gasteiger partial charge in [0.15, 0.2) is 6.04 Å². The lowest BCUT2D eigenvalue weighted by atomic mass is 9.90. The predicted octanol–water partition coefficient (Wildman–Crippen LogP) is 3.79. The van der Waals surface area contributed by atoms with Crippen molar-refractivity contribution in [3.63, 3.8) is 0 Å². The number of carbonyl (C=O) groups is 1. The number of nitrogens with zero attached hydrogens (tertiary/aromatic N) is 2. The third-order valence-corrected chi connectivity index (χ3v) is 4.50. The molecule has 0 saturated heterocycles. The topological polar surface area (TPSA) is 101 Å². The van der Waals surface area contributed by atoms with Crippen LogP contribution in [0.1, 0.15) is 30.6 Å². The van der Waals surface area contributed by atoms with Crippen LogP contribution in [-0.4, -0.2) is 38.3 Å². The van der Waals surface area contributed by atoms with Gasteiger partial charge in [0.25, 0.3) is 5.60 Å². The highest BCUT2D eigenvalue weighted by Crippen LogP contribution is 2.50. The van der Waals surface area contributed by atoms with Crippen LogP contribution in [0.2, 0.25) is 0 Å². The van der Waals surface area contributed by atoms with E-state index in [0.717, 1.165) is 16.8 Å². The van der Waals surface area contributed by atoms with E-state index in [2.05, 4.69) is 5.10 Å². The van der Waals surface area contributed by atoms with E-state index in [9.17, 15) is 41.4 Å². The summed E-state index contributed by atoms with van der Waals surface area (Å²) in [5.41, 5.74) is -0.00449. The molecule has 12 heteroatoms. The Balaban J connectivity index is 2.57. The zero-order chi connectivity index (χ0) is 22.4. The first kappa shape index (κ1) is 22.5. The molecule has 0 aliphatic heterocycles. The number of nitrogen functional groups attached to an aromatic ring is 1. The van der Waals surface area contributed by atoms with Crippen molar-refractivity contribution in [2.45, 2.75) is 44.3 Å². The third-order valence-electron chi connectivity index (χ3n) is 4.50. The Morgan fingerprint density at radius 2 is 1.62 bits per heavy atom. The first-order chi connectivity index (χ1) is 13.2. The standard InChI is InChI=1S/C17H17F6N3O3/c1-3-11(14(27)28)26-13(24)12(8(2)25-26)9-4-6-10(7-5-9)15(29,16(18,19)20)17(21,22)23/h4-7,11,29H,3,24H2,1-2H3,(H,27,28). The van der Waals surface area contributed by atoms with Crippen LogP contribution in [0.4, 0.5) is 32.2 Å². The molecule has 0 aliphatic rings. The number of hydrogen-bond acceptors (Lipinski definition) is 4. The van der Waals surface area contributed by atoms with Crippen LogP contribution in [0.5, 0.6) is 0 Å². The van der Waals surface area contributed by atoms with Crippen molar-refractivity contribution in [2.24, 2.45) is 0 Å². The van der Waals surface area contributed by atoms with Crippen molar-refractivity contribution in [1.29, 1.82) is 0 Å². The van der Waals surface area contributed by atoms with E-state index in [1.54, 1.807) is 6.92 Å². The highest BCUT2D eigenvalue weighted by Gasteiger charge is 2.71. The van der Waals surface area contributed by atoms with Crippen molar-refractivity contribution in [3.8, 4) is 11.1 Å². The van der Waals surface area contributed by atoms with Gasteiger partial charge < -0.3 is 15.9 Å². The molecule has 0 bridgehead atoms. The number of aromatic nitrogens is 2. The molecule has 0 amide bonds. The Labute approximate surface area is 160 Å². The molecule has 0 radical (unpaired) electrons. The molecule has 4 N–H and O–H groups in total. The Kier molecular flexibility index (Phi) is 5.63. The monoisotopic (exact) mass is 425 g/mol. The molecule has 0 saturated carbocycles. The van der Waals surface area contributed by atoms with Crippen LogP contribution in [0.3, 0.4) is 0 Å². The zero-order valence-electron chi connectivity index (χ0n) is 15.1. The normalized spacial score (nSPS) is 14.1. The van der Waals surface area contributed by atoms with E-state index < -0.39 is 35.5 Å². The average Bonchev–Trinajstić information content (AvgIpc) is 2.87. The lowest BCUT2D eigenvalue weighted by Gasteiger charge is -2.32. The second kappa shape index (κ2) is 7.25. The minimum absolute atomic E-state index is 0.105. The highest BCUT2D eigenvalue weighted by molar-refractivity contribution is 5.79. The maximum absolute atomic E-state index is 13.0. The Hall–Kier alpha value is -2.76. The van der Waals surface area contributed by atoms with E-state index in [4.69, 9.17) is 5.73 Å². The fourth-order valence-electron chi connectivity index (χ4n) is 2.98. The van der Waals surface area contributed by atoms with Crippen LogP contribution >= 0.6 is 0 Å². The summed E-state index contributed by atoms with van der Waals surface area (Å²) in [6.45, 7) is 3.05. The number of aliphatic hydroxyl groups is 1. The highest BCUT2D eigenvalue weighted by atomic mass is 19.4. The number of benzene rings is 1. The number of alkyl halides is 6. The molecule has 1 aromatic heterocycles. The van der Waals surface area contributed by atoms with Crippen molar-refractivity contribution < 1.29 is 41.4 Å². The number of carboxylic acids is 1. The number of carboxylic acid groups (broad SMARTS) is 1. The van der Waals surface area contributed by atoms with Crippen LogP contribution in [0.25, 0.3) is 11.1 Å². The van der Waals surface area contributed by atoms with E-state index in [-0.39, 0.29) is 29.1 Å². The summed E-state index contributed by atoms with van der Waals surface area (Å²) >= 11 is 0. The Morgan fingerprint density at radius 3 is 2.00 bits per heavy atom. The molecule has 2 rings (SSSR count). The molecule has 1 aromatic carbocycles. The smallest absolute Gasteiger partial charge is 0.430 e. The Morgan fingerprint density at radius 1 is 1.14 bits per heavy atom. The SMILES string of the molecule is CCC(C(=O)O)n1nc(C)c(-c2ccc(C(O)(C(F)(F)F)C(F)(F)F)cc2)c1N. The molecular formula is C17H17F6N3O3. The number of hydrogen-bond donors (Lipinski definition) is 3. The maximum atomic E-state index is 13.0. The molecule has 0 fully saturated rings. The van der Waals surface area contributed by atoms with Gasteiger partial charge in [-0.2, -0.15) is 31.4 Å². The van der Waals surface area contributed by atoms with Crippen LogP contribution in [-0.2, 0) is 10.4 Å². The van der Waals surface area contributed by atoms with Crippen molar-refractivity contribution in [1.82, 2.24) is 9.78 Å². The molecule has 2 aromatic rings. The van der Waals surface area contributed by atoms with Crippen LogP contribution < -0.4 is 5.73 Å². The average molecular weight is 425 g/mol. The van der Waals surface area contributed by atoms with Crippen molar-refractivity contribution in [2.75, 3.05) is 5.73 Å². The second-order valence-corrected chi connectivity index (χ2v) is 6.34. The maximum Gasteiger partial charge on any atom is 0.430 e. The van der Waals surface area contributed by atoms with Gasteiger partial charge in [0, 0.05) is 11.1 Å². The number of rotatable bonds is 5. The molecule has 6 nitrogen and oxygen atoms in total. The number of aryl methyl sites for hydroxylation is 1. The van der Waals surface area contributed by atoms with Crippen molar-refractivity contribution in [3.05, 3.63) is 35.5 Å². The van der Waals surface area contributed by atoms with Crippen LogP contribution in [0, 0.1) is 6.92 Å². The zero-order valence-corrected chi connectivity index (χ0v) is 15.1. The molecule has 0 aliphatic carbocycles. The van der Waals surface area contributed by atoms with Crippen molar-refractivity contribution >= 4 is 11.8 Å². The molecular weight excluding hydrogens is 408 g/mol. The molecule has 160 valence electrons. The first-order valence-corrected chi connectivity index (χ1v) is 8.20. The van der Waals surface area contributed by atoms with E-state index >= 15 is 0 Å².